The third-order valence-corrected chi connectivity index (χ3v) is 4.06. The number of nitriles is 1. The number of benzene rings is 1. The zero-order valence-corrected chi connectivity index (χ0v) is 12.3. The first kappa shape index (κ1) is 16.0. The molecule has 0 saturated heterocycles. The Balaban J connectivity index is 1.95. The molecule has 1 aliphatic carbocycles. The fourth-order valence-electron chi connectivity index (χ4n) is 2.91. The molecule has 0 bridgehead atoms. The first-order valence-corrected chi connectivity index (χ1v) is 7.52. The number of nitro groups is 1. The molecule has 0 aliphatic heterocycles. The summed E-state index contributed by atoms with van der Waals surface area (Å²) in [5.74, 6) is -0.0505. The summed E-state index contributed by atoms with van der Waals surface area (Å²) < 4.78 is 0. The molecule has 1 atom stereocenters. The molecule has 0 unspecified atom stereocenters. The molecule has 0 radical (unpaired) electrons. The summed E-state index contributed by atoms with van der Waals surface area (Å²) in [6.07, 6.45) is 5.38. The van der Waals surface area contributed by atoms with Crippen LogP contribution in [0.1, 0.15) is 37.7 Å². The molecule has 6 heteroatoms. The van der Waals surface area contributed by atoms with Gasteiger partial charge in [-0.25, -0.2) is 0 Å². The molecule has 0 spiro atoms. The Morgan fingerprint density at radius 1 is 1.41 bits per heavy atom. The van der Waals surface area contributed by atoms with Gasteiger partial charge in [-0.1, -0.05) is 31.4 Å². The van der Waals surface area contributed by atoms with Crippen LogP contribution < -0.4 is 5.32 Å². The highest BCUT2D eigenvalue weighted by Gasteiger charge is 2.24. The lowest BCUT2D eigenvalue weighted by Crippen LogP contribution is -2.40. The van der Waals surface area contributed by atoms with E-state index in [1.165, 1.54) is 18.6 Å². The van der Waals surface area contributed by atoms with E-state index in [1.807, 2.05) is 0 Å². The minimum atomic E-state index is -0.485. The van der Waals surface area contributed by atoms with Gasteiger partial charge in [0, 0.05) is 12.1 Å². The van der Waals surface area contributed by atoms with Gasteiger partial charge < -0.3 is 5.32 Å². The zero-order valence-electron chi connectivity index (χ0n) is 12.3. The lowest BCUT2D eigenvalue weighted by molar-refractivity contribution is -0.384. The Morgan fingerprint density at radius 3 is 2.77 bits per heavy atom. The standard InChI is InChI=1S/C16H19N3O3/c17-11-15(13-6-2-1-3-7-13)18-16(20)10-12-5-4-8-14(9-12)19(21)22/h4-5,8-9,13,15H,1-3,6-7,10H2,(H,18,20)/t15-/m1/s1. The van der Waals surface area contributed by atoms with E-state index in [9.17, 15) is 20.2 Å². The predicted molar refractivity (Wildman–Crippen MR) is 80.9 cm³/mol. The van der Waals surface area contributed by atoms with E-state index >= 15 is 0 Å². The van der Waals surface area contributed by atoms with Gasteiger partial charge in [0.2, 0.25) is 5.91 Å². The first-order chi connectivity index (χ1) is 10.6. The smallest absolute Gasteiger partial charge is 0.269 e. The number of nitro benzene ring substituents is 1. The maximum Gasteiger partial charge on any atom is 0.269 e. The number of non-ortho nitro benzene ring substituents is 1. The largest absolute Gasteiger partial charge is 0.340 e. The van der Waals surface area contributed by atoms with Gasteiger partial charge in [0.05, 0.1) is 17.4 Å². The summed E-state index contributed by atoms with van der Waals surface area (Å²) in [5, 5.41) is 22.8. The van der Waals surface area contributed by atoms with Crippen LogP contribution in [0.15, 0.2) is 24.3 Å². The highest BCUT2D eigenvalue weighted by molar-refractivity contribution is 5.79. The Hall–Kier alpha value is -2.42. The number of carbonyl (C=O) groups excluding carboxylic acids is 1. The maximum atomic E-state index is 12.1. The van der Waals surface area contributed by atoms with E-state index in [1.54, 1.807) is 12.1 Å². The minimum absolute atomic E-state index is 0.0330. The number of hydrogen-bond acceptors (Lipinski definition) is 4. The molecule has 1 aromatic carbocycles. The van der Waals surface area contributed by atoms with Crippen LogP contribution in [0.4, 0.5) is 5.69 Å². The predicted octanol–water partition coefficient (Wildman–Crippen LogP) is 2.73. The average molecular weight is 301 g/mol. The van der Waals surface area contributed by atoms with Gasteiger partial charge in [0.25, 0.3) is 5.69 Å². The van der Waals surface area contributed by atoms with Crippen LogP contribution in [0.3, 0.4) is 0 Å². The number of nitrogens with zero attached hydrogens (tertiary/aromatic N) is 2. The molecule has 22 heavy (non-hydrogen) atoms. The molecular formula is C16H19N3O3. The normalized spacial score (nSPS) is 16.5. The molecular weight excluding hydrogens is 282 g/mol. The van der Waals surface area contributed by atoms with Gasteiger partial charge in [-0.2, -0.15) is 5.26 Å². The highest BCUT2D eigenvalue weighted by atomic mass is 16.6. The molecule has 1 N–H and O–H groups in total. The second kappa shape index (κ2) is 7.55. The second-order valence-corrected chi connectivity index (χ2v) is 5.68. The lowest BCUT2D eigenvalue weighted by atomic mass is 9.84. The monoisotopic (exact) mass is 301 g/mol. The summed E-state index contributed by atoms with van der Waals surface area (Å²) in [7, 11) is 0. The topological polar surface area (TPSA) is 96.0 Å². The molecule has 1 amide bonds. The molecule has 1 aromatic rings. The van der Waals surface area contributed by atoms with E-state index in [-0.39, 0.29) is 23.9 Å². The van der Waals surface area contributed by atoms with Gasteiger partial charge in [0.1, 0.15) is 6.04 Å². The Labute approximate surface area is 129 Å². The minimum Gasteiger partial charge on any atom is -0.340 e. The van der Waals surface area contributed by atoms with Gasteiger partial charge in [0.15, 0.2) is 0 Å². The number of nitrogens with one attached hydrogen (secondary N) is 1. The van der Waals surface area contributed by atoms with E-state index < -0.39 is 11.0 Å². The maximum absolute atomic E-state index is 12.1. The van der Waals surface area contributed by atoms with Crippen molar-refractivity contribution >= 4 is 11.6 Å². The molecule has 1 fully saturated rings. The number of hydrogen-bond donors (Lipinski definition) is 1. The molecule has 0 aromatic heterocycles. The van der Waals surface area contributed by atoms with Crippen molar-refractivity contribution in [1.29, 1.82) is 5.26 Å². The zero-order chi connectivity index (χ0) is 15.9. The van der Waals surface area contributed by atoms with Crippen LogP contribution in [0, 0.1) is 27.4 Å². The van der Waals surface area contributed by atoms with E-state index in [4.69, 9.17) is 0 Å². The van der Waals surface area contributed by atoms with Crippen molar-refractivity contribution in [3.05, 3.63) is 39.9 Å². The third-order valence-electron chi connectivity index (χ3n) is 4.06. The van der Waals surface area contributed by atoms with Crippen LogP contribution in [0.2, 0.25) is 0 Å². The Kier molecular flexibility index (Phi) is 5.48. The summed E-state index contributed by atoms with van der Waals surface area (Å²) in [5.41, 5.74) is 0.543. The van der Waals surface area contributed by atoms with Crippen LogP contribution in [0.5, 0.6) is 0 Å². The molecule has 6 nitrogen and oxygen atoms in total. The van der Waals surface area contributed by atoms with Crippen molar-refractivity contribution < 1.29 is 9.72 Å². The van der Waals surface area contributed by atoms with Gasteiger partial charge >= 0.3 is 0 Å². The van der Waals surface area contributed by atoms with Gasteiger partial charge in [-0.3, -0.25) is 14.9 Å². The molecule has 1 saturated carbocycles. The summed E-state index contributed by atoms with van der Waals surface area (Å²) in [6.45, 7) is 0. The second-order valence-electron chi connectivity index (χ2n) is 5.68. The quantitative estimate of drug-likeness (QED) is 0.668. The number of carbonyl (C=O) groups is 1. The van der Waals surface area contributed by atoms with Crippen molar-refractivity contribution in [1.82, 2.24) is 5.32 Å². The SMILES string of the molecule is N#C[C@@H](NC(=O)Cc1cccc([N+](=O)[O-])c1)C1CCCCC1. The van der Waals surface area contributed by atoms with Crippen molar-refractivity contribution in [2.24, 2.45) is 5.92 Å². The lowest BCUT2D eigenvalue weighted by Gasteiger charge is -2.26. The van der Waals surface area contributed by atoms with Crippen LogP contribution in [-0.2, 0) is 11.2 Å². The molecule has 1 aliphatic rings. The van der Waals surface area contributed by atoms with Crippen molar-refractivity contribution in [3.63, 3.8) is 0 Å². The van der Waals surface area contributed by atoms with E-state index in [0.717, 1.165) is 25.7 Å². The van der Waals surface area contributed by atoms with Crippen LogP contribution in [0.25, 0.3) is 0 Å². The molecule has 2 rings (SSSR count). The van der Waals surface area contributed by atoms with Gasteiger partial charge in [-0.15, -0.1) is 0 Å². The van der Waals surface area contributed by atoms with Crippen molar-refractivity contribution in [2.45, 2.75) is 44.6 Å². The summed E-state index contributed by atoms with van der Waals surface area (Å²) in [6, 6.07) is 7.73. The Morgan fingerprint density at radius 2 is 2.14 bits per heavy atom. The fraction of sp³-hybridized carbons (Fsp3) is 0.500. The van der Waals surface area contributed by atoms with E-state index in [0.29, 0.717) is 5.56 Å². The van der Waals surface area contributed by atoms with Crippen molar-refractivity contribution in [3.8, 4) is 6.07 Å². The number of rotatable bonds is 5. The third kappa shape index (κ3) is 4.29. The van der Waals surface area contributed by atoms with Crippen LogP contribution >= 0.6 is 0 Å². The van der Waals surface area contributed by atoms with Crippen LogP contribution in [-0.4, -0.2) is 16.9 Å². The van der Waals surface area contributed by atoms with Gasteiger partial charge in [-0.05, 0) is 24.3 Å². The summed E-state index contributed by atoms with van der Waals surface area (Å²) >= 11 is 0. The molecule has 116 valence electrons. The molecule has 0 heterocycles. The average Bonchev–Trinajstić information content (AvgIpc) is 2.53. The first-order valence-electron chi connectivity index (χ1n) is 7.52. The van der Waals surface area contributed by atoms with E-state index in [2.05, 4.69) is 11.4 Å². The Bertz CT molecular complexity index is 589. The fourth-order valence-corrected chi connectivity index (χ4v) is 2.91. The highest BCUT2D eigenvalue weighted by Crippen LogP contribution is 2.26. The number of amides is 1. The van der Waals surface area contributed by atoms with Crippen molar-refractivity contribution in [2.75, 3.05) is 0 Å². The summed E-state index contributed by atoms with van der Waals surface area (Å²) in [4.78, 5) is 22.3.